The van der Waals surface area contributed by atoms with Gasteiger partial charge in [0.05, 0.1) is 6.61 Å². The zero-order valence-corrected chi connectivity index (χ0v) is 9.33. The van der Waals surface area contributed by atoms with Crippen LogP contribution in [0.25, 0.3) is 0 Å². The van der Waals surface area contributed by atoms with Crippen molar-refractivity contribution in [3.05, 3.63) is 23.8 Å². The summed E-state index contributed by atoms with van der Waals surface area (Å²) < 4.78 is 40.7. The van der Waals surface area contributed by atoms with Gasteiger partial charge in [-0.2, -0.15) is 13.2 Å². The Balaban J connectivity index is 2.61. The van der Waals surface area contributed by atoms with Crippen molar-refractivity contribution in [2.24, 2.45) is 0 Å². The predicted molar refractivity (Wildman–Crippen MR) is 58.6 cm³/mol. The van der Waals surface area contributed by atoms with Gasteiger partial charge >= 0.3 is 12.1 Å². The molecule has 1 rings (SSSR count). The highest BCUT2D eigenvalue weighted by Gasteiger charge is 2.26. The third-order valence-electron chi connectivity index (χ3n) is 2.10. The van der Waals surface area contributed by atoms with E-state index in [9.17, 15) is 18.0 Å². The van der Waals surface area contributed by atoms with Gasteiger partial charge in [0.2, 0.25) is 0 Å². The third-order valence-corrected chi connectivity index (χ3v) is 2.10. The van der Waals surface area contributed by atoms with Crippen LogP contribution in [0.2, 0.25) is 0 Å². The summed E-state index contributed by atoms with van der Waals surface area (Å²) >= 11 is 0. The highest BCUT2D eigenvalue weighted by molar-refractivity contribution is 5.91. The number of hydrogen-bond acceptors (Lipinski definition) is 3. The van der Waals surface area contributed by atoms with E-state index in [4.69, 9.17) is 15.6 Å². The number of carboxylic acid groups (broad SMARTS) is 1. The van der Waals surface area contributed by atoms with Crippen LogP contribution in [0, 0.1) is 0 Å². The summed E-state index contributed by atoms with van der Waals surface area (Å²) in [5, 5.41) is 8.84. The van der Waals surface area contributed by atoms with Crippen LogP contribution in [0.15, 0.2) is 18.2 Å². The molecule has 0 aliphatic rings. The Morgan fingerprint density at radius 3 is 2.61 bits per heavy atom. The number of alkyl halides is 3. The topological polar surface area (TPSA) is 72.6 Å². The molecule has 7 heteroatoms. The fraction of sp³-hybridized carbons (Fsp3) is 0.364. The number of aromatic carboxylic acids is 1. The second-order valence-electron chi connectivity index (χ2n) is 3.63. The number of carboxylic acids is 1. The van der Waals surface area contributed by atoms with Gasteiger partial charge in [0.15, 0.2) is 0 Å². The minimum absolute atomic E-state index is 0.0234. The summed E-state index contributed by atoms with van der Waals surface area (Å²) in [5.74, 6) is -1.24. The van der Waals surface area contributed by atoms with Gasteiger partial charge in [-0.05, 0) is 18.6 Å². The molecule has 0 unspecified atom stereocenters. The van der Waals surface area contributed by atoms with Crippen molar-refractivity contribution in [1.82, 2.24) is 0 Å². The number of ether oxygens (including phenoxy) is 1. The van der Waals surface area contributed by atoms with Gasteiger partial charge in [-0.15, -0.1) is 0 Å². The minimum atomic E-state index is -4.24. The Hall–Kier alpha value is -1.92. The first-order chi connectivity index (χ1) is 8.29. The molecule has 1 aromatic rings. The van der Waals surface area contributed by atoms with Crippen LogP contribution in [0.4, 0.5) is 18.9 Å². The van der Waals surface area contributed by atoms with Crippen molar-refractivity contribution in [2.45, 2.75) is 19.0 Å². The molecule has 0 saturated heterocycles. The van der Waals surface area contributed by atoms with E-state index in [1.165, 1.54) is 18.2 Å². The van der Waals surface area contributed by atoms with E-state index in [1.54, 1.807) is 0 Å². The van der Waals surface area contributed by atoms with Crippen LogP contribution < -0.4 is 10.5 Å². The van der Waals surface area contributed by atoms with Gasteiger partial charge in [0, 0.05) is 18.2 Å². The van der Waals surface area contributed by atoms with E-state index < -0.39 is 18.6 Å². The fourth-order valence-electron chi connectivity index (χ4n) is 1.29. The molecule has 0 aliphatic carbocycles. The Morgan fingerprint density at radius 2 is 2.06 bits per heavy atom. The van der Waals surface area contributed by atoms with Crippen LogP contribution in [0.5, 0.6) is 5.75 Å². The SMILES string of the molecule is Nc1ccc(C(=O)O)c(OCCCC(F)(F)F)c1. The maximum atomic E-state index is 11.9. The fourth-order valence-corrected chi connectivity index (χ4v) is 1.29. The van der Waals surface area contributed by atoms with Gasteiger partial charge in [-0.1, -0.05) is 0 Å². The zero-order chi connectivity index (χ0) is 13.8. The monoisotopic (exact) mass is 263 g/mol. The maximum absolute atomic E-state index is 11.9. The van der Waals surface area contributed by atoms with E-state index >= 15 is 0 Å². The van der Waals surface area contributed by atoms with Crippen molar-refractivity contribution in [1.29, 1.82) is 0 Å². The first-order valence-corrected chi connectivity index (χ1v) is 5.12. The molecule has 0 bridgehead atoms. The number of benzene rings is 1. The van der Waals surface area contributed by atoms with E-state index in [2.05, 4.69) is 0 Å². The Bertz CT molecular complexity index is 432. The van der Waals surface area contributed by atoms with Crippen molar-refractivity contribution >= 4 is 11.7 Å². The van der Waals surface area contributed by atoms with Crippen molar-refractivity contribution < 1.29 is 27.8 Å². The lowest BCUT2D eigenvalue weighted by Gasteiger charge is -2.10. The molecule has 1 aromatic carbocycles. The number of anilines is 1. The van der Waals surface area contributed by atoms with Gasteiger partial charge in [-0.25, -0.2) is 4.79 Å². The molecule has 0 aromatic heterocycles. The highest BCUT2D eigenvalue weighted by Crippen LogP contribution is 2.24. The standard InChI is InChI=1S/C11H12F3NO3/c12-11(13,14)4-1-5-18-9-6-7(15)2-3-8(9)10(16)17/h2-3,6H,1,4-5,15H2,(H,16,17). The number of carbonyl (C=O) groups is 1. The lowest BCUT2D eigenvalue weighted by atomic mass is 10.2. The molecule has 0 atom stereocenters. The zero-order valence-electron chi connectivity index (χ0n) is 9.33. The summed E-state index contributed by atoms with van der Waals surface area (Å²) in [6.07, 6.45) is -5.45. The molecule has 0 aliphatic heterocycles. The molecule has 0 fully saturated rings. The van der Waals surface area contributed by atoms with Crippen LogP contribution in [0.1, 0.15) is 23.2 Å². The van der Waals surface area contributed by atoms with Gasteiger partial charge in [-0.3, -0.25) is 0 Å². The smallest absolute Gasteiger partial charge is 0.389 e. The summed E-state index contributed by atoms with van der Waals surface area (Å²) in [4.78, 5) is 10.8. The Morgan fingerprint density at radius 1 is 1.39 bits per heavy atom. The summed E-state index contributed by atoms with van der Waals surface area (Å²) in [7, 11) is 0. The average Bonchev–Trinajstić information content (AvgIpc) is 2.22. The predicted octanol–water partition coefficient (Wildman–Crippen LogP) is 2.69. The quantitative estimate of drug-likeness (QED) is 0.632. The van der Waals surface area contributed by atoms with Crippen molar-refractivity contribution in [3.63, 3.8) is 0 Å². The third kappa shape index (κ3) is 4.52. The van der Waals surface area contributed by atoms with Crippen LogP contribution >= 0.6 is 0 Å². The molecule has 0 saturated carbocycles. The second kappa shape index (κ2) is 5.61. The largest absolute Gasteiger partial charge is 0.493 e. The molecule has 0 radical (unpaired) electrons. The number of nitrogens with two attached hydrogens (primary N) is 1. The first-order valence-electron chi connectivity index (χ1n) is 5.12. The van der Waals surface area contributed by atoms with Crippen LogP contribution in [0.3, 0.4) is 0 Å². The van der Waals surface area contributed by atoms with Crippen molar-refractivity contribution in [2.75, 3.05) is 12.3 Å². The molecular formula is C11H12F3NO3. The first kappa shape index (κ1) is 14.1. The Labute approximate surface area is 101 Å². The van der Waals surface area contributed by atoms with E-state index in [0.29, 0.717) is 0 Å². The summed E-state index contributed by atoms with van der Waals surface area (Å²) in [5.41, 5.74) is 5.60. The lowest BCUT2D eigenvalue weighted by molar-refractivity contribution is -0.136. The molecule has 4 nitrogen and oxygen atoms in total. The number of nitrogen functional groups attached to an aromatic ring is 1. The van der Waals surface area contributed by atoms with Gasteiger partial charge in [0.25, 0.3) is 0 Å². The lowest BCUT2D eigenvalue weighted by Crippen LogP contribution is -2.11. The number of hydrogen-bond donors (Lipinski definition) is 2. The molecule has 0 amide bonds. The van der Waals surface area contributed by atoms with Crippen LogP contribution in [-0.4, -0.2) is 23.9 Å². The molecular weight excluding hydrogens is 251 g/mol. The van der Waals surface area contributed by atoms with Crippen LogP contribution in [-0.2, 0) is 0 Å². The summed E-state index contributed by atoms with van der Waals surface area (Å²) in [6.45, 7) is -0.219. The molecule has 100 valence electrons. The molecule has 18 heavy (non-hydrogen) atoms. The number of halogens is 3. The van der Waals surface area contributed by atoms with E-state index in [-0.39, 0.29) is 30.0 Å². The minimum Gasteiger partial charge on any atom is -0.493 e. The van der Waals surface area contributed by atoms with Gasteiger partial charge < -0.3 is 15.6 Å². The average molecular weight is 263 g/mol. The highest BCUT2D eigenvalue weighted by atomic mass is 19.4. The second-order valence-corrected chi connectivity index (χ2v) is 3.63. The molecule has 3 N–H and O–H groups in total. The van der Waals surface area contributed by atoms with Gasteiger partial charge in [0.1, 0.15) is 11.3 Å². The van der Waals surface area contributed by atoms with E-state index in [0.717, 1.165) is 0 Å². The maximum Gasteiger partial charge on any atom is 0.389 e. The molecule has 0 heterocycles. The molecule has 0 spiro atoms. The van der Waals surface area contributed by atoms with Crippen molar-refractivity contribution in [3.8, 4) is 5.75 Å². The number of rotatable bonds is 5. The summed E-state index contributed by atoms with van der Waals surface area (Å²) in [6, 6.07) is 3.90. The Kier molecular flexibility index (Phi) is 4.41. The van der Waals surface area contributed by atoms with E-state index in [1.807, 2.05) is 0 Å². The normalized spacial score (nSPS) is 11.3.